The number of aromatic nitrogens is 5. The Morgan fingerprint density at radius 2 is 2.10 bits per heavy atom. The average Bonchev–Trinajstić information content (AvgIpc) is 3.15. The van der Waals surface area contributed by atoms with Gasteiger partial charge in [-0.25, -0.2) is 4.52 Å². The molecule has 0 N–H and O–H groups in total. The number of aliphatic imine (C=N–C) groups is 1. The fourth-order valence-corrected chi connectivity index (χ4v) is 2.71. The molecule has 1 amide bonds. The highest BCUT2D eigenvalue weighted by Gasteiger charge is 2.20. The molecule has 10 nitrogen and oxygen atoms in total. The summed E-state index contributed by atoms with van der Waals surface area (Å²) >= 11 is 0. The smallest absolute Gasteiger partial charge is 0.284 e. The van der Waals surface area contributed by atoms with Crippen molar-refractivity contribution in [3.05, 3.63) is 65.3 Å². The first-order valence-electron chi connectivity index (χ1n) is 8.71. The summed E-state index contributed by atoms with van der Waals surface area (Å²) in [6.45, 7) is 0.349. The monoisotopic (exact) mass is 391 g/mol. The van der Waals surface area contributed by atoms with E-state index in [2.05, 4.69) is 20.2 Å². The maximum absolute atomic E-state index is 12.4. The second-order valence-corrected chi connectivity index (χ2v) is 6.47. The Balaban J connectivity index is 1.73. The molecule has 0 saturated heterocycles. The van der Waals surface area contributed by atoms with Gasteiger partial charge in [0.2, 0.25) is 5.65 Å². The molecule has 1 aromatic carbocycles. The minimum atomic E-state index is -0.536. The zero-order chi connectivity index (χ0) is 20.4. The van der Waals surface area contributed by atoms with Crippen molar-refractivity contribution in [2.75, 3.05) is 14.1 Å². The molecule has 0 saturated carbocycles. The highest BCUT2D eigenvalue weighted by molar-refractivity contribution is 6.03. The van der Waals surface area contributed by atoms with Gasteiger partial charge in [-0.05, 0) is 28.6 Å². The Kier molecular flexibility index (Phi) is 4.73. The Hall–Kier alpha value is -4.08. The molecule has 4 rings (SSSR count). The van der Waals surface area contributed by atoms with Crippen molar-refractivity contribution in [2.24, 2.45) is 4.99 Å². The quantitative estimate of drug-likeness (QED) is 0.218. The van der Waals surface area contributed by atoms with Crippen LogP contribution in [0.25, 0.3) is 16.7 Å². The molecule has 0 bridgehead atoms. The van der Waals surface area contributed by atoms with Crippen LogP contribution in [0.1, 0.15) is 15.9 Å². The topological polar surface area (TPSA) is 112 Å². The van der Waals surface area contributed by atoms with Gasteiger partial charge in [-0.15, -0.1) is 0 Å². The zero-order valence-electron chi connectivity index (χ0n) is 15.8. The molecule has 0 aliphatic heterocycles. The fourth-order valence-electron chi connectivity index (χ4n) is 2.71. The van der Waals surface area contributed by atoms with E-state index in [9.17, 15) is 10.0 Å². The molecule has 0 unspecified atom stereocenters. The van der Waals surface area contributed by atoms with Gasteiger partial charge < -0.3 is 14.8 Å². The minimum Gasteiger partial charge on any atom is -0.594 e. The molecule has 0 spiro atoms. The van der Waals surface area contributed by atoms with Gasteiger partial charge in [-0.1, -0.05) is 0 Å². The lowest BCUT2D eigenvalue weighted by Gasteiger charge is -2.07. The molecule has 4 aromatic rings. The number of ether oxygens (including phenoxy) is 1. The molecule has 10 heteroatoms. The predicted octanol–water partition coefficient (Wildman–Crippen LogP) is 1.22. The summed E-state index contributed by atoms with van der Waals surface area (Å²) in [7, 11) is 3.50. The van der Waals surface area contributed by atoms with Crippen molar-refractivity contribution in [1.29, 1.82) is 0 Å². The van der Waals surface area contributed by atoms with E-state index in [-0.39, 0.29) is 11.2 Å². The number of hydrogen-bond donors (Lipinski definition) is 0. The number of amides is 1. The largest absolute Gasteiger partial charge is 0.594 e. The highest BCUT2D eigenvalue weighted by Crippen LogP contribution is 2.21. The van der Waals surface area contributed by atoms with Crippen molar-refractivity contribution in [1.82, 2.24) is 24.6 Å². The number of rotatable bonds is 5. The third kappa shape index (κ3) is 3.68. The molecule has 0 aliphatic rings. The van der Waals surface area contributed by atoms with Crippen molar-refractivity contribution in [3.8, 4) is 5.75 Å². The summed E-state index contributed by atoms with van der Waals surface area (Å²) in [5.41, 5.74) is 1.99. The van der Waals surface area contributed by atoms with Gasteiger partial charge in [0.05, 0.1) is 12.5 Å². The van der Waals surface area contributed by atoms with Crippen molar-refractivity contribution < 1.29 is 14.4 Å². The lowest BCUT2D eigenvalue weighted by atomic mass is 10.2. The number of benzene rings is 1. The first-order valence-corrected chi connectivity index (χ1v) is 8.71. The van der Waals surface area contributed by atoms with Crippen LogP contribution >= 0.6 is 0 Å². The summed E-state index contributed by atoms with van der Waals surface area (Å²) in [6, 6.07) is 8.68. The van der Waals surface area contributed by atoms with E-state index in [0.29, 0.717) is 28.2 Å². The van der Waals surface area contributed by atoms with Gasteiger partial charge in [-0.3, -0.25) is 9.78 Å². The average molecular weight is 391 g/mol. The van der Waals surface area contributed by atoms with Crippen LogP contribution in [0.5, 0.6) is 5.75 Å². The molecule has 146 valence electrons. The number of carbonyl (C=O) groups excluding carboxylic acids is 1. The van der Waals surface area contributed by atoms with Crippen LogP contribution in [0.2, 0.25) is 0 Å². The molecule has 0 aliphatic carbocycles. The van der Waals surface area contributed by atoms with E-state index in [0.717, 1.165) is 5.56 Å². The molecule has 0 fully saturated rings. The van der Waals surface area contributed by atoms with Crippen LogP contribution in [0.3, 0.4) is 0 Å². The lowest BCUT2D eigenvalue weighted by Crippen LogP contribution is -2.33. The van der Waals surface area contributed by atoms with E-state index in [1.807, 2.05) is 12.1 Å². The van der Waals surface area contributed by atoms with Gasteiger partial charge in [0.25, 0.3) is 11.4 Å². The SMILES string of the molecule is CN(C)C=NC(=O)c1cnn2c1n[n+]([O-])c1ccc(OCc3ccncc3)cc12. The summed E-state index contributed by atoms with van der Waals surface area (Å²) < 4.78 is 7.24. The Bertz CT molecular complexity index is 1220. The summed E-state index contributed by atoms with van der Waals surface area (Å²) in [5, 5.41) is 20.5. The first kappa shape index (κ1) is 18.3. The predicted molar refractivity (Wildman–Crippen MR) is 105 cm³/mol. The number of hydrogen-bond acceptors (Lipinski definition) is 6. The third-order valence-electron chi connectivity index (χ3n) is 4.10. The number of fused-ring (bicyclic) bond motifs is 3. The molecular weight excluding hydrogens is 374 g/mol. The molecule has 3 aromatic heterocycles. The second-order valence-electron chi connectivity index (χ2n) is 6.47. The Morgan fingerprint density at radius 1 is 1.31 bits per heavy atom. The third-order valence-corrected chi connectivity index (χ3v) is 4.10. The van der Waals surface area contributed by atoms with E-state index < -0.39 is 5.91 Å². The van der Waals surface area contributed by atoms with Crippen LogP contribution < -0.4 is 9.58 Å². The number of carbonyl (C=O) groups is 1. The van der Waals surface area contributed by atoms with Gasteiger partial charge in [0.1, 0.15) is 23.4 Å². The van der Waals surface area contributed by atoms with Crippen LogP contribution in [0, 0.1) is 5.21 Å². The van der Waals surface area contributed by atoms with Crippen LogP contribution in [-0.4, -0.2) is 50.9 Å². The summed E-state index contributed by atoms with van der Waals surface area (Å²) in [6.07, 6.45) is 6.11. The van der Waals surface area contributed by atoms with E-state index in [1.54, 1.807) is 49.6 Å². The maximum atomic E-state index is 12.4. The first-order chi connectivity index (χ1) is 14.0. The van der Waals surface area contributed by atoms with Gasteiger partial charge in [-0.2, -0.15) is 10.1 Å². The van der Waals surface area contributed by atoms with Crippen LogP contribution in [-0.2, 0) is 6.61 Å². The molecule has 3 heterocycles. The van der Waals surface area contributed by atoms with Crippen LogP contribution in [0.15, 0.2) is 53.9 Å². The minimum absolute atomic E-state index is 0.125. The van der Waals surface area contributed by atoms with E-state index >= 15 is 0 Å². The van der Waals surface area contributed by atoms with Crippen molar-refractivity contribution >= 4 is 28.9 Å². The second kappa shape index (κ2) is 7.50. The number of pyridine rings is 1. The normalized spacial score (nSPS) is 11.4. The molecular formula is C19H17N7O3. The fraction of sp³-hybridized carbons (Fsp3) is 0.158. The van der Waals surface area contributed by atoms with Crippen molar-refractivity contribution in [3.63, 3.8) is 0 Å². The van der Waals surface area contributed by atoms with Gasteiger partial charge >= 0.3 is 0 Å². The molecule has 29 heavy (non-hydrogen) atoms. The Morgan fingerprint density at radius 3 is 2.86 bits per heavy atom. The standard InChI is InChI=1S/C19H17N7O3/c1-24(2)12-21-19(27)15-10-22-25-17-9-14(29-11-13-5-7-20-8-6-13)3-4-16(17)26(28)23-18(15)25/h3-10,12H,11H2,1-2H3. The zero-order valence-corrected chi connectivity index (χ0v) is 15.8. The maximum Gasteiger partial charge on any atom is 0.284 e. The molecule has 0 atom stereocenters. The summed E-state index contributed by atoms with van der Waals surface area (Å²) in [5.74, 6) is 0.0152. The lowest BCUT2D eigenvalue weighted by molar-refractivity contribution is -0.640. The molecule has 0 radical (unpaired) electrons. The highest BCUT2D eigenvalue weighted by atomic mass is 16.5. The summed E-state index contributed by atoms with van der Waals surface area (Å²) in [4.78, 5) is 22.2. The van der Waals surface area contributed by atoms with E-state index in [1.165, 1.54) is 17.1 Å². The van der Waals surface area contributed by atoms with Crippen LogP contribution in [0.4, 0.5) is 0 Å². The van der Waals surface area contributed by atoms with Gasteiger partial charge in [0, 0.05) is 43.7 Å². The van der Waals surface area contributed by atoms with Gasteiger partial charge in [0.15, 0.2) is 0 Å². The van der Waals surface area contributed by atoms with Crippen molar-refractivity contribution in [2.45, 2.75) is 6.61 Å². The number of nitrogens with zero attached hydrogens (tertiary/aromatic N) is 7. The van der Waals surface area contributed by atoms with E-state index in [4.69, 9.17) is 4.74 Å². The Labute approximate surface area is 165 Å².